The molecule has 28 heavy (non-hydrogen) atoms. The molecule has 142 valence electrons. The fourth-order valence-corrected chi connectivity index (χ4v) is 3.14. The number of benzene rings is 2. The summed E-state index contributed by atoms with van der Waals surface area (Å²) >= 11 is 0. The lowest BCUT2D eigenvalue weighted by molar-refractivity contribution is 0.387. The summed E-state index contributed by atoms with van der Waals surface area (Å²) in [6.07, 6.45) is 4.60. The van der Waals surface area contributed by atoms with Crippen LogP contribution in [0.4, 0.5) is 10.2 Å². The highest BCUT2D eigenvalue weighted by atomic mass is 19.1. The normalized spacial score (nSPS) is 12.1. The average Bonchev–Trinajstić information content (AvgIpc) is 3.26. The summed E-state index contributed by atoms with van der Waals surface area (Å²) in [5.74, 6) is 0.428. The zero-order valence-electron chi connectivity index (χ0n) is 15.7. The Kier molecular flexibility index (Phi) is 4.60. The fourth-order valence-electron chi connectivity index (χ4n) is 3.14. The number of anilines is 1. The van der Waals surface area contributed by atoms with Crippen LogP contribution in [-0.4, -0.2) is 38.9 Å². The lowest BCUT2D eigenvalue weighted by atomic mass is 10.1. The summed E-state index contributed by atoms with van der Waals surface area (Å²) in [4.78, 5) is 14.6. The number of hydrogen-bond donors (Lipinski definition) is 0. The first-order chi connectivity index (χ1) is 13.6. The Morgan fingerprint density at radius 3 is 2.57 bits per heavy atom. The SMILES string of the molecule is COc1cc2c(N(C)C(C)c3ccc(-n4cncn4)cc3)ncnc2cc1F. The zero-order valence-corrected chi connectivity index (χ0v) is 15.7. The molecule has 0 spiro atoms. The third-order valence-corrected chi connectivity index (χ3v) is 4.86. The Labute approximate surface area is 161 Å². The number of methoxy groups -OCH3 is 1. The molecule has 0 radical (unpaired) electrons. The van der Waals surface area contributed by atoms with E-state index in [4.69, 9.17) is 4.74 Å². The van der Waals surface area contributed by atoms with Crippen molar-refractivity contribution in [2.45, 2.75) is 13.0 Å². The van der Waals surface area contributed by atoms with E-state index >= 15 is 0 Å². The minimum absolute atomic E-state index is 0.0268. The molecule has 0 saturated heterocycles. The number of hydrogen-bond acceptors (Lipinski definition) is 6. The molecule has 0 aliphatic heterocycles. The number of rotatable bonds is 5. The Morgan fingerprint density at radius 1 is 1.11 bits per heavy atom. The zero-order chi connectivity index (χ0) is 19.7. The van der Waals surface area contributed by atoms with Gasteiger partial charge in [-0.3, -0.25) is 0 Å². The van der Waals surface area contributed by atoms with Crippen LogP contribution < -0.4 is 9.64 Å². The van der Waals surface area contributed by atoms with Gasteiger partial charge in [0.15, 0.2) is 11.6 Å². The van der Waals surface area contributed by atoms with Gasteiger partial charge in [-0.15, -0.1) is 0 Å². The molecule has 1 atom stereocenters. The topological polar surface area (TPSA) is 69.0 Å². The van der Waals surface area contributed by atoms with E-state index in [0.717, 1.165) is 16.6 Å². The molecular weight excluding hydrogens is 359 g/mol. The van der Waals surface area contributed by atoms with Crippen molar-refractivity contribution in [2.24, 2.45) is 0 Å². The molecule has 1 unspecified atom stereocenters. The second-order valence-corrected chi connectivity index (χ2v) is 6.42. The molecule has 7 nitrogen and oxygen atoms in total. The Morgan fingerprint density at radius 2 is 1.89 bits per heavy atom. The molecule has 2 heterocycles. The van der Waals surface area contributed by atoms with Gasteiger partial charge in [-0.05, 0) is 30.7 Å². The van der Waals surface area contributed by atoms with Crippen molar-refractivity contribution in [2.75, 3.05) is 19.1 Å². The summed E-state index contributed by atoms with van der Waals surface area (Å²) in [7, 11) is 3.39. The standard InChI is InChI=1S/C20H19FN6O/c1-13(14-4-6-15(7-5-14)27-12-22-10-25-27)26(2)20-16-8-19(28-3)17(21)9-18(16)23-11-24-20/h4-13H,1-3H3. The quantitative estimate of drug-likeness (QED) is 0.529. The van der Waals surface area contributed by atoms with Crippen LogP contribution in [0.3, 0.4) is 0 Å². The van der Waals surface area contributed by atoms with Crippen LogP contribution in [0.5, 0.6) is 5.75 Å². The highest BCUT2D eigenvalue weighted by molar-refractivity contribution is 5.90. The van der Waals surface area contributed by atoms with E-state index in [-0.39, 0.29) is 11.8 Å². The Hall–Kier alpha value is -3.55. The maximum atomic E-state index is 14.0. The predicted octanol–water partition coefficient (Wildman–Crippen LogP) is 3.56. The van der Waals surface area contributed by atoms with Crippen LogP contribution in [0.2, 0.25) is 0 Å². The summed E-state index contributed by atoms with van der Waals surface area (Å²) in [5, 5.41) is 4.87. The minimum atomic E-state index is -0.445. The van der Waals surface area contributed by atoms with E-state index in [1.54, 1.807) is 17.1 Å². The molecule has 2 aromatic heterocycles. The fraction of sp³-hybridized carbons (Fsp3) is 0.200. The van der Waals surface area contributed by atoms with Gasteiger partial charge >= 0.3 is 0 Å². The molecule has 0 bridgehead atoms. The van der Waals surface area contributed by atoms with Crippen LogP contribution in [0.25, 0.3) is 16.6 Å². The van der Waals surface area contributed by atoms with Crippen LogP contribution in [0, 0.1) is 5.82 Å². The van der Waals surface area contributed by atoms with E-state index in [1.807, 2.05) is 36.2 Å². The predicted molar refractivity (Wildman–Crippen MR) is 104 cm³/mol. The van der Waals surface area contributed by atoms with Gasteiger partial charge in [0.1, 0.15) is 24.8 Å². The van der Waals surface area contributed by atoms with Gasteiger partial charge in [0.25, 0.3) is 0 Å². The number of ether oxygens (including phenoxy) is 1. The van der Waals surface area contributed by atoms with Gasteiger partial charge in [0.05, 0.1) is 24.4 Å². The second kappa shape index (κ2) is 7.22. The third-order valence-electron chi connectivity index (χ3n) is 4.86. The highest BCUT2D eigenvalue weighted by Crippen LogP contribution is 2.32. The van der Waals surface area contributed by atoms with Crippen molar-refractivity contribution in [3.05, 3.63) is 66.8 Å². The van der Waals surface area contributed by atoms with E-state index < -0.39 is 5.82 Å². The summed E-state index contributed by atoms with van der Waals surface area (Å²) in [5.41, 5.74) is 2.57. The van der Waals surface area contributed by atoms with Crippen LogP contribution in [0.1, 0.15) is 18.5 Å². The number of aromatic nitrogens is 5. The van der Waals surface area contributed by atoms with Gasteiger partial charge in [0.2, 0.25) is 0 Å². The minimum Gasteiger partial charge on any atom is -0.494 e. The van der Waals surface area contributed by atoms with Crippen LogP contribution >= 0.6 is 0 Å². The van der Waals surface area contributed by atoms with Crippen molar-refractivity contribution in [3.63, 3.8) is 0 Å². The number of halogens is 1. The van der Waals surface area contributed by atoms with Gasteiger partial charge in [-0.2, -0.15) is 5.10 Å². The van der Waals surface area contributed by atoms with Crippen LogP contribution in [0.15, 0.2) is 55.4 Å². The second-order valence-electron chi connectivity index (χ2n) is 6.42. The molecule has 0 N–H and O–H groups in total. The van der Waals surface area contributed by atoms with Crippen LogP contribution in [-0.2, 0) is 0 Å². The first-order valence-electron chi connectivity index (χ1n) is 8.74. The van der Waals surface area contributed by atoms with Crippen molar-refractivity contribution in [1.82, 2.24) is 24.7 Å². The number of nitrogens with zero attached hydrogens (tertiary/aromatic N) is 6. The molecule has 4 rings (SSSR count). The first-order valence-corrected chi connectivity index (χ1v) is 8.74. The molecule has 8 heteroatoms. The molecule has 2 aromatic carbocycles. The smallest absolute Gasteiger partial charge is 0.167 e. The lowest BCUT2D eigenvalue weighted by Gasteiger charge is -2.27. The largest absolute Gasteiger partial charge is 0.494 e. The average molecular weight is 378 g/mol. The van der Waals surface area contributed by atoms with Crippen molar-refractivity contribution >= 4 is 16.7 Å². The molecule has 4 aromatic rings. The Bertz CT molecular complexity index is 1100. The molecular formula is C20H19FN6O. The monoisotopic (exact) mass is 378 g/mol. The van der Waals surface area contributed by atoms with E-state index in [1.165, 1.54) is 25.8 Å². The van der Waals surface area contributed by atoms with Crippen molar-refractivity contribution in [3.8, 4) is 11.4 Å². The number of fused-ring (bicyclic) bond motifs is 1. The van der Waals surface area contributed by atoms with E-state index in [2.05, 4.69) is 27.0 Å². The third kappa shape index (κ3) is 3.13. The maximum Gasteiger partial charge on any atom is 0.167 e. The summed E-state index contributed by atoms with van der Waals surface area (Å²) in [6.45, 7) is 2.08. The molecule has 0 saturated carbocycles. The molecule has 0 fully saturated rings. The molecule has 0 aliphatic rings. The van der Waals surface area contributed by atoms with Crippen molar-refractivity contribution in [1.29, 1.82) is 0 Å². The molecule has 0 amide bonds. The first kappa shape index (κ1) is 17.8. The van der Waals surface area contributed by atoms with Gasteiger partial charge in [0, 0.05) is 18.5 Å². The summed E-state index contributed by atoms with van der Waals surface area (Å²) in [6, 6.07) is 11.1. The molecule has 0 aliphatic carbocycles. The van der Waals surface area contributed by atoms with E-state index in [9.17, 15) is 4.39 Å². The summed E-state index contributed by atoms with van der Waals surface area (Å²) < 4.78 is 20.8. The maximum absolute atomic E-state index is 14.0. The van der Waals surface area contributed by atoms with E-state index in [0.29, 0.717) is 11.3 Å². The lowest BCUT2D eigenvalue weighted by Crippen LogP contribution is -2.23. The highest BCUT2D eigenvalue weighted by Gasteiger charge is 2.18. The van der Waals surface area contributed by atoms with Gasteiger partial charge in [-0.25, -0.2) is 24.0 Å². The van der Waals surface area contributed by atoms with Crippen molar-refractivity contribution < 1.29 is 9.13 Å². The Balaban J connectivity index is 1.68. The van der Waals surface area contributed by atoms with Gasteiger partial charge in [-0.1, -0.05) is 12.1 Å². The van der Waals surface area contributed by atoms with Gasteiger partial charge < -0.3 is 9.64 Å².